The van der Waals surface area contributed by atoms with Crippen LogP contribution in [-0.4, -0.2) is 15.4 Å². The smallest absolute Gasteiger partial charge is 0.101 e. The molecule has 0 aliphatic heterocycles. The molecule has 62 valence electrons. The van der Waals surface area contributed by atoms with Crippen LogP contribution in [0.3, 0.4) is 0 Å². The summed E-state index contributed by atoms with van der Waals surface area (Å²) >= 11 is 0. The summed E-state index contributed by atoms with van der Waals surface area (Å²) in [7, 11) is 0. The number of nitrogens with zero attached hydrogens (tertiary/aromatic N) is 2. The van der Waals surface area contributed by atoms with Crippen LogP contribution in [0, 0.1) is 0 Å². The van der Waals surface area contributed by atoms with E-state index in [4.69, 9.17) is 5.84 Å². The van der Waals surface area contributed by atoms with Crippen molar-refractivity contribution in [2.45, 2.75) is 25.8 Å². The Labute approximate surface area is 65.3 Å². The lowest BCUT2D eigenvalue weighted by Crippen LogP contribution is -2.28. The van der Waals surface area contributed by atoms with Crippen LogP contribution < -0.4 is 11.3 Å². The van der Waals surface area contributed by atoms with Crippen LogP contribution >= 0.6 is 0 Å². The first kappa shape index (κ1) is 8.16. The van der Waals surface area contributed by atoms with Gasteiger partial charge in [0.25, 0.3) is 0 Å². The minimum absolute atomic E-state index is 0.124. The van der Waals surface area contributed by atoms with Gasteiger partial charge >= 0.3 is 0 Å². The van der Waals surface area contributed by atoms with Gasteiger partial charge in [0, 0.05) is 0 Å². The molecule has 11 heavy (non-hydrogen) atoms. The van der Waals surface area contributed by atoms with Gasteiger partial charge in [-0.05, 0) is 6.42 Å². The molecule has 1 heterocycles. The number of rotatable bonds is 4. The Bertz CT molecular complexity index is 183. The molecule has 0 radical (unpaired) electrons. The molecule has 0 spiro atoms. The van der Waals surface area contributed by atoms with E-state index in [1.807, 2.05) is 0 Å². The van der Waals surface area contributed by atoms with Crippen LogP contribution in [-0.2, 0) is 0 Å². The van der Waals surface area contributed by atoms with Crippen LogP contribution in [0.25, 0.3) is 0 Å². The molecule has 0 aromatic carbocycles. The number of hydrazine groups is 1. The number of H-pyrrole nitrogens is 1. The highest BCUT2D eigenvalue weighted by molar-refractivity contribution is 4.98. The van der Waals surface area contributed by atoms with Gasteiger partial charge in [-0.15, -0.1) is 0 Å². The summed E-state index contributed by atoms with van der Waals surface area (Å²) in [5.74, 6) is 5.32. The first-order valence-corrected chi connectivity index (χ1v) is 3.70. The molecule has 0 saturated heterocycles. The summed E-state index contributed by atoms with van der Waals surface area (Å²) in [5, 5.41) is 10.2. The molecule has 1 rings (SSSR count). The summed E-state index contributed by atoms with van der Waals surface area (Å²) in [6.07, 6.45) is 3.73. The van der Waals surface area contributed by atoms with Crippen molar-refractivity contribution in [3.8, 4) is 0 Å². The number of hydrogen-bond acceptors (Lipinski definition) is 4. The maximum atomic E-state index is 5.32. The molecule has 0 amide bonds. The SMILES string of the molecule is CCCC(NN)c1cn[nH]n1. The van der Waals surface area contributed by atoms with Gasteiger partial charge in [-0.1, -0.05) is 13.3 Å². The lowest BCUT2D eigenvalue weighted by Gasteiger charge is -2.09. The molecule has 1 aromatic heterocycles. The second-order valence-electron chi connectivity index (χ2n) is 2.40. The van der Waals surface area contributed by atoms with Crippen LogP contribution in [0.4, 0.5) is 0 Å². The number of aromatic amines is 1. The summed E-state index contributed by atoms with van der Waals surface area (Å²) in [6.45, 7) is 2.10. The van der Waals surface area contributed by atoms with Crippen molar-refractivity contribution in [2.75, 3.05) is 0 Å². The Morgan fingerprint density at radius 2 is 2.64 bits per heavy atom. The van der Waals surface area contributed by atoms with Gasteiger partial charge < -0.3 is 0 Å². The Morgan fingerprint density at radius 1 is 1.82 bits per heavy atom. The predicted molar refractivity (Wildman–Crippen MR) is 41.4 cm³/mol. The van der Waals surface area contributed by atoms with Gasteiger partial charge in [0.1, 0.15) is 5.69 Å². The van der Waals surface area contributed by atoms with Gasteiger partial charge in [-0.2, -0.15) is 15.4 Å². The summed E-state index contributed by atoms with van der Waals surface area (Å²) in [4.78, 5) is 0. The molecule has 5 heteroatoms. The van der Waals surface area contributed by atoms with E-state index in [1.165, 1.54) is 0 Å². The quantitative estimate of drug-likeness (QED) is 0.426. The third kappa shape index (κ3) is 1.99. The average molecular weight is 155 g/mol. The Hall–Kier alpha value is -0.940. The zero-order valence-electron chi connectivity index (χ0n) is 6.54. The third-order valence-corrected chi connectivity index (χ3v) is 1.57. The Kier molecular flexibility index (Phi) is 3.00. The predicted octanol–water partition coefficient (Wildman–Crippen LogP) is 0.109. The molecule has 0 fully saturated rings. The lowest BCUT2D eigenvalue weighted by atomic mass is 10.1. The van der Waals surface area contributed by atoms with E-state index in [2.05, 4.69) is 27.8 Å². The van der Waals surface area contributed by atoms with Gasteiger partial charge in [-0.25, -0.2) is 0 Å². The van der Waals surface area contributed by atoms with Gasteiger partial charge in [-0.3, -0.25) is 11.3 Å². The van der Waals surface area contributed by atoms with Gasteiger partial charge in [0.05, 0.1) is 12.2 Å². The molecule has 0 bridgehead atoms. The van der Waals surface area contributed by atoms with Gasteiger partial charge in [0.2, 0.25) is 0 Å². The Balaban J connectivity index is 2.56. The van der Waals surface area contributed by atoms with Crippen LogP contribution in [0.5, 0.6) is 0 Å². The zero-order chi connectivity index (χ0) is 8.10. The molecule has 4 N–H and O–H groups in total. The van der Waals surface area contributed by atoms with Crippen LogP contribution in [0.2, 0.25) is 0 Å². The fraction of sp³-hybridized carbons (Fsp3) is 0.667. The molecular formula is C6H13N5. The molecule has 5 nitrogen and oxygen atoms in total. The minimum atomic E-state index is 0.124. The minimum Gasteiger partial charge on any atom is -0.271 e. The van der Waals surface area contributed by atoms with Crippen molar-refractivity contribution in [1.29, 1.82) is 0 Å². The van der Waals surface area contributed by atoms with Gasteiger partial charge in [0.15, 0.2) is 0 Å². The molecular weight excluding hydrogens is 142 g/mol. The Morgan fingerprint density at radius 3 is 3.09 bits per heavy atom. The monoisotopic (exact) mass is 155 g/mol. The van der Waals surface area contributed by atoms with E-state index >= 15 is 0 Å². The number of aromatic nitrogens is 3. The highest BCUT2D eigenvalue weighted by Gasteiger charge is 2.09. The van der Waals surface area contributed by atoms with E-state index < -0.39 is 0 Å². The molecule has 1 atom stereocenters. The highest BCUT2D eigenvalue weighted by atomic mass is 15.3. The summed E-state index contributed by atoms with van der Waals surface area (Å²) < 4.78 is 0. The largest absolute Gasteiger partial charge is 0.271 e. The van der Waals surface area contributed by atoms with Crippen molar-refractivity contribution < 1.29 is 0 Å². The number of hydrogen-bond donors (Lipinski definition) is 3. The topological polar surface area (TPSA) is 79.6 Å². The fourth-order valence-corrected chi connectivity index (χ4v) is 0.984. The maximum Gasteiger partial charge on any atom is 0.101 e. The second kappa shape index (κ2) is 4.05. The van der Waals surface area contributed by atoms with Crippen molar-refractivity contribution in [3.63, 3.8) is 0 Å². The summed E-state index contributed by atoms with van der Waals surface area (Å²) in [6, 6.07) is 0.124. The molecule has 0 aliphatic carbocycles. The first-order chi connectivity index (χ1) is 5.38. The average Bonchev–Trinajstić information content (AvgIpc) is 2.52. The van der Waals surface area contributed by atoms with E-state index in [9.17, 15) is 0 Å². The van der Waals surface area contributed by atoms with Crippen molar-refractivity contribution in [1.82, 2.24) is 20.8 Å². The second-order valence-corrected chi connectivity index (χ2v) is 2.40. The lowest BCUT2D eigenvalue weighted by molar-refractivity contribution is 0.498. The molecule has 0 aliphatic rings. The zero-order valence-corrected chi connectivity index (χ0v) is 6.54. The third-order valence-electron chi connectivity index (χ3n) is 1.57. The van der Waals surface area contributed by atoms with E-state index in [1.54, 1.807) is 6.20 Å². The number of nitrogens with two attached hydrogens (primary N) is 1. The van der Waals surface area contributed by atoms with Crippen molar-refractivity contribution in [2.24, 2.45) is 5.84 Å². The molecule has 0 saturated carbocycles. The number of nitrogens with one attached hydrogen (secondary N) is 2. The van der Waals surface area contributed by atoms with E-state index in [0.717, 1.165) is 18.5 Å². The molecule has 1 unspecified atom stereocenters. The molecule has 1 aromatic rings. The van der Waals surface area contributed by atoms with Crippen LogP contribution in [0.15, 0.2) is 6.20 Å². The maximum absolute atomic E-state index is 5.32. The van der Waals surface area contributed by atoms with E-state index in [0.29, 0.717) is 0 Å². The van der Waals surface area contributed by atoms with Crippen LogP contribution in [0.1, 0.15) is 31.5 Å². The van der Waals surface area contributed by atoms with E-state index in [-0.39, 0.29) is 6.04 Å². The fourth-order valence-electron chi connectivity index (χ4n) is 0.984. The normalized spacial score (nSPS) is 13.3. The highest BCUT2D eigenvalue weighted by Crippen LogP contribution is 2.12. The summed E-state index contributed by atoms with van der Waals surface area (Å²) in [5.41, 5.74) is 3.55. The van der Waals surface area contributed by atoms with Crippen molar-refractivity contribution >= 4 is 0 Å². The first-order valence-electron chi connectivity index (χ1n) is 3.70. The van der Waals surface area contributed by atoms with Crippen molar-refractivity contribution in [3.05, 3.63) is 11.9 Å². The standard InChI is InChI=1S/C6H13N5/c1-2-3-5(9-7)6-4-8-11-10-6/h4-5,9H,2-3,7H2,1H3,(H,8,10,11).